The fraction of sp³-hybridized carbons (Fsp3) is 0.632. The maximum absolute atomic E-state index is 12.6. The average molecular weight is 315 g/mol. The Morgan fingerprint density at radius 1 is 1.04 bits per heavy atom. The van der Waals surface area contributed by atoms with Crippen LogP contribution in [0.1, 0.15) is 48.5 Å². The minimum atomic E-state index is 0.158. The zero-order valence-corrected chi connectivity index (χ0v) is 14.2. The van der Waals surface area contributed by atoms with Gasteiger partial charge in [-0.3, -0.25) is 9.69 Å². The molecule has 126 valence electrons. The summed E-state index contributed by atoms with van der Waals surface area (Å²) in [6, 6.07) is 8.45. The van der Waals surface area contributed by atoms with E-state index >= 15 is 0 Å². The van der Waals surface area contributed by atoms with Gasteiger partial charge in [0.2, 0.25) is 0 Å². The van der Waals surface area contributed by atoms with Crippen molar-refractivity contribution in [2.24, 2.45) is 11.7 Å². The van der Waals surface area contributed by atoms with Crippen LogP contribution in [0.25, 0.3) is 0 Å². The maximum atomic E-state index is 12.6. The van der Waals surface area contributed by atoms with E-state index in [-0.39, 0.29) is 5.91 Å². The molecule has 23 heavy (non-hydrogen) atoms. The highest BCUT2D eigenvalue weighted by atomic mass is 16.2. The molecule has 4 heteroatoms. The van der Waals surface area contributed by atoms with Crippen molar-refractivity contribution in [2.45, 2.75) is 45.2 Å². The van der Waals surface area contributed by atoms with Gasteiger partial charge in [-0.25, -0.2) is 0 Å². The topological polar surface area (TPSA) is 49.6 Å². The molecular weight excluding hydrogens is 286 g/mol. The lowest BCUT2D eigenvalue weighted by molar-refractivity contribution is 0.0501. The van der Waals surface area contributed by atoms with Crippen LogP contribution >= 0.6 is 0 Å². The molecule has 1 aliphatic heterocycles. The molecule has 0 spiro atoms. The van der Waals surface area contributed by atoms with Crippen LogP contribution in [-0.2, 0) is 6.54 Å². The van der Waals surface area contributed by atoms with Gasteiger partial charge in [0.25, 0.3) is 5.91 Å². The largest absolute Gasteiger partial charge is 0.336 e. The van der Waals surface area contributed by atoms with Gasteiger partial charge in [-0.2, -0.15) is 0 Å². The van der Waals surface area contributed by atoms with Crippen molar-refractivity contribution >= 4 is 5.91 Å². The standard InChI is InChI=1S/C19H29N3O/c1-15-2-8-18(9-3-15)21-10-12-22(13-11-21)19(23)17-6-4-16(14-20)5-7-17/h4-7,15,18H,2-3,8-14,20H2,1H3. The molecule has 1 heterocycles. The summed E-state index contributed by atoms with van der Waals surface area (Å²) in [5.74, 6) is 1.05. The number of nitrogens with two attached hydrogens (primary N) is 1. The Bertz CT molecular complexity index is 512. The van der Waals surface area contributed by atoms with E-state index in [9.17, 15) is 4.79 Å². The normalized spacial score (nSPS) is 26.3. The van der Waals surface area contributed by atoms with Crippen molar-refractivity contribution in [3.05, 3.63) is 35.4 Å². The Balaban J connectivity index is 1.52. The minimum absolute atomic E-state index is 0.158. The number of amides is 1. The average Bonchev–Trinajstić information content (AvgIpc) is 2.62. The molecule has 0 bridgehead atoms. The molecule has 2 N–H and O–H groups in total. The number of hydrogen-bond acceptors (Lipinski definition) is 3. The number of piperazine rings is 1. The smallest absolute Gasteiger partial charge is 0.253 e. The molecule has 0 atom stereocenters. The van der Waals surface area contributed by atoms with Crippen LogP contribution < -0.4 is 5.73 Å². The summed E-state index contributed by atoms with van der Waals surface area (Å²) in [7, 11) is 0. The highest BCUT2D eigenvalue weighted by Gasteiger charge is 2.28. The lowest BCUT2D eigenvalue weighted by Crippen LogP contribution is -2.52. The van der Waals surface area contributed by atoms with Gasteiger partial charge in [-0.1, -0.05) is 19.1 Å². The molecule has 1 saturated heterocycles. The zero-order chi connectivity index (χ0) is 16.2. The van der Waals surface area contributed by atoms with Crippen LogP contribution in [0.4, 0.5) is 0 Å². The second-order valence-electron chi connectivity index (χ2n) is 7.14. The number of nitrogens with zero attached hydrogens (tertiary/aromatic N) is 2. The van der Waals surface area contributed by atoms with Crippen molar-refractivity contribution in [1.82, 2.24) is 9.80 Å². The maximum Gasteiger partial charge on any atom is 0.253 e. The molecule has 1 aromatic carbocycles. The summed E-state index contributed by atoms with van der Waals surface area (Å²) in [5.41, 5.74) is 7.46. The zero-order valence-electron chi connectivity index (χ0n) is 14.2. The van der Waals surface area contributed by atoms with E-state index in [0.29, 0.717) is 6.54 Å². The molecule has 1 amide bonds. The highest BCUT2D eigenvalue weighted by Crippen LogP contribution is 2.27. The van der Waals surface area contributed by atoms with Crippen LogP contribution in [-0.4, -0.2) is 47.9 Å². The molecule has 3 rings (SSSR count). The minimum Gasteiger partial charge on any atom is -0.336 e. The number of rotatable bonds is 3. The van der Waals surface area contributed by atoms with Crippen molar-refractivity contribution in [3.8, 4) is 0 Å². The molecule has 2 fully saturated rings. The van der Waals surface area contributed by atoms with Crippen LogP contribution in [0.15, 0.2) is 24.3 Å². The van der Waals surface area contributed by atoms with Crippen molar-refractivity contribution in [1.29, 1.82) is 0 Å². The molecule has 2 aliphatic rings. The Kier molecular flexibility index (Phi) is 5.34. The van der Waals surface area contributed by atoms with E-state index in [1.54, 1.807) is 0 Å². The van der Waals surface area contributed by atoms with Crippen LogP contribution in [0.2, 0.25) is 0 Å². The third kappa shape index (κ3) is 3.93. The van der Waals surface area contributed by atoms with Crippen LogP contribution in [0.3, 0.4) is 0 Å². The Labute approximate surface area is 139 Å². The molecule has 1 aliphatic carbocycles. The summed E-state index contributed by atoms with van der Waals surface area (Å²) in [6.45, 7) is 6.63. The summed E-state index contributed by atoms with van der Waals surface area (Å²) in [4.78, 5) is 17.2. The van der Waals surface area contributed by atoms with Crippen LogP contribution in [0, 0.1) is 5.92 Å². The summed E-state index contributed by atoms with van der Waals surface area (Å²) < 4.78 is 0. The Morgan fingerprint density at radius 2 is 1.65 bits per heavy atom. The monoisotopic (exact) mass is 315 g/mol. The van der Waals surface area contributed by atoms with Gasteiger partial charge < -0.3 is 10.6 Å². The first-order valence-corrected chi connectivity index (χ1v) is 8.99. The number of benzene rings is 1. The first kappa shape index (κ1) is 16.5. The van der Waals surface area contributed by atoms with Crippen LogP contribution in [0.5, 0.6) is 0 Å². The predicted octanol–water partition coefficient (Wildman–Crippen LogP) is 2.48. The van der Waals surface area contributed by atoms with E-state index in [1.165, 1.54) is 25.7 Å². The third-order valence-corrected chi connectivity index (χ3v) is 5.54. The molecular formula is C19H29N3O. The van der Waals surface area contributed by atoms with Gasteiger partial charge in [0.1, 0.15) is 0 Å². The summed E-state index contributed by atoms with van der Waals surface area (Å²) in [6.07, 6.45) is 5.37. The second-order valence-corrected chi connectivity index (χ2v) is 7.14. The predicted molar refractivity (Wildman–Crippen MR) is 93.2 cm³/mol. The third-order valence-electron chi connectivity index (χ3n) is 5.54. The van der Waals surface area contributed by atoms with Crippen molar-refractivity contribution < 1.29 is 4.79 Å². The number of hydrogen-bond donors (Lipinski definition) is 1. The van der Waals surface area contributed by atoms with Gasteiger partial charge >= 0.3 is 0 Å². The Morgan fingerprint density at radius 3 is 2.22 bits per heavy atom. The second kappa shape index (κ2) is 7.45. The van der Waals surface area contributed by atoms with Gasteiger partial charge in [-0.15, -0.1) is 0 Å². The van der Waals surface area contributed by atoms with Gasteiger partial charge in [0.15, 0.2) is 0 Å². The van der Waals surface area contributed by atoms with Gasteiger partial charge in [0.05, 0.1) is 0 Å². The SMILES string of the molecule is CC1CCC(N2CCN(C(=O)c3ccc(CN)cc3)CC2)CC1. The lowest BCUT2D eigenvalue weighted by Gasteiger charge is -2.41. The molecule has 0 radical (unpaired) electrons. The van der Waals surface area contributed by atoms with Gasteiger partial charge in [0, 0.05) is 44.3 Å². The van der Waals surface area contributed by atoms with E-state index in [4.69, 9.17) is 5.73 Å². The first-order valence-electron chi connectivity index (χ1n) is 8.99. The first-order chi connectivity index (χ1) is 11.2. The summed E-state index contributed by atoms with van der Waals surface area (Å²) >= 11 is 0. The fourth-order valence-corrected chi connectivity index (χ4v) is 3.86. The molecule has 1 saturated carbocycles. The fourth-order valence-electron chi connectivity index (χ4n) is 3.86. The van der Waals surface area contributed by atoms with E-state index in [1.807, 2.05) is 29.2 Å². The quantitative estimate of drug-likeness (QED) is 0.932. The molecule has 4 nitrogen and oxygen atoms in total. The highest BCUT2D eigenvalue weighted by molar-refractivity contribution is 5.94. The molecule has 1 aromatic rings. The summed E-state index contributed by atoms with van der Waals surface area (Å²) in [5, 5.41) is 0. The van der Waals surface area contributed by atoms with E-state index in [0.717, 1.165) is 49.3 Å². The number of carbonyl (C=O) groups is 1. The molecule has 0 unspecified atom stereocenters. The lowest BCUT2D eigenvalue weighted by atomic mass is 9.86. The molecule has 0 aromatic heterocycles. The Hall–Kier alpha value is -1.39. The van der Waals surface area contributed by atoms with Crippen molar-refractivity contribution in [3.63, 3.8) is 0 Å². The van der Waals surface area contributed by atoms with E-state index in [2.05, 4.69) is 11.8 Å². The van der Waals surface area contributed by atoms with E-state index < -0.39 is 0 Å². The van der Waals surface area contributed by atoms with Crippen molar-refractivity contribution in [2.75, 3.05) is 26.2 Å². The number of carbonyl (C=O) groups excluding carboxylic acids is 1. The van der Waals surface area contributed by atoms with Gasteiger partial charge in [-0.05, 0) is 49.3 Å².